The zero-order valence-electron chi connectivity index (χ0n) is 19.1. The molecule has 1 aromatic rings. The predicted octanol–water partition coefficient (Wildman–Crippen LogP) is 5.54. The van der Waals surface area contributed by atoms with Gasteiger partial charge in [-0.05, 0) is 44.2 Å². The molecule has 2 aliphatic rings. The number of carbonyl (C=O) groups excluding carboxylic acids is 1. The van der Waals surface area contributed by atoms with Crippen LogP contribution in [0.1, 0.15) is 64.0 Å². The molecule has 1 amide bonds. The fourth-order valence-corrected chi connectivity index (χ4v) is 4.74. The van der Waals surface area contributed by atoms with Crippen LogP contribution in [-0.2, 0) is 10.2 Å². The molecular weight excluding hydrogens is 389 g/mol. The summed E-state index contributed by atoms with van der Waals surface area (Å²) in [6.45, 7) is 9.48. The fraction of sp³-hybridized carbons (Fsp3) is 0.462. The van der Waals surface area contributed by atoms with Crippen LogP contribution in [0.15, 0.2) is 47.1 Å². The summed E-state index contributed by atoms with van der Waals surface area (Å²) >= 11 is 0. The highest BCUT2D eigenvalue weighted by atomic mass is 19.1. The van der Waals surface area contributed by atoms with E-state index >= 15 is 4.39 Å². The smallest absolute Gasteiger partial charge is 0.247 e. The van der Waals surface area contributed by atoms with Gasteiger partial charge in [0.25, 0.3) is 0 Å². The topological polar surface area (TPSA) is 44.7 Å². The summed E-state index contributed by atoms with van der Waals surface area (Å²) in [5.74, 6) is -0.349. The van der Waals surface area contributed by atoms with Crippen LogP contribution < -0.4 is 10.2 Å². The number of benzene rings is 1. The third-order valence-corrected chi connectivity index (χ3v) is 6.34. The van der Waals surface area contributed by atoms with Crippen molar-refractivity contribution < 1.29 is 9.18 Å². The average Bonchev–Trinajstić information content (AvgIpc) is 3.04. The number of aliphatic imine (C=N–C) groups is 1. The molecule has 166 valence electrons. The molecule has 0 bridgehead atoms. The monoisotopic (exact) mass is 423 g/mol. The van der Waals surface area contributed by atoms with Crippen molar-refractivity contribution in [3.05, 3.63) is 59.1 Å². The van der Waals surface area contributed by atoms with Gasteiger partial charge < -0.3 is 10.2 Å². The summed E-state index contributed by atoms with van der Waals surface area (Å²) in [5.41, 5.74) is 2.59. The van der Waals surface area contributed by atoms with Crippen molar-refractivity contribution in [3.63, 3.8) is 0 Å². The van der Waals surface area contributed by atoms with E-state index in [1.54, 1.807) is 6.20 Å². The summed E-state index contributed by atoms with van der Waals surface area (Å²) in [6, 6.07) is 3.03. The Bertz CT molecular complexity index is 923. The lowest BCUT2D eigenvalue weighted by Gasteiger charge is -2.33. The van der Waals surface area contributed by atoms with Crippen LogP contribution in [0.5, 0.6) is 0 Å². The first-order chi connectivity index (χ1) is 14.8. The molecule has 0 saturated heterocycles. The second-order valence-electron chi connectivity index (χ2n) is 9.12. The Labute approximate surface area is 185 Å². The number of halogens is 1. The lowest BCUT2D eigenvalue weighted by Crippen LogP contribution is -2.50. The van der Waals surface area contributed by atoms with Gasteiger partial charge >= 0.3 is 0 Å². The Morgan fingerprint density at radius 1 is 1.32 bits per heavy atom. The summed E-state index contributed by atoms with van der Waals surface area (Å²) < 4.78 is 15.1. The van der Waals surface area contributed by atoms with E-state index in [-0.39, 0.29) is 23.2 Å². The Hall–Kier alpha value is -2.69. The lowest BCUT2D eigenvalue weighted by atomic mass is 9.86. The first kappa shape index (κ1) is 23.0. The summed E-state index contributed by atoms with van der Waals surface area (Å²) in [5, 5.41) is 3.22. The highest BCUT2D eigenvalue weighted by molar-refractivity contribution is 5.90. The minimum absolute atomic E-state index is 0.0980. The van der Waals surface area contributed by atoms with Gasteiger partial charge in [-0.3, -0.25) is 9.79 Å². The first-order valence-corrected chi connectivity index (χ1v) is 11.1. The van der Waals surface area contributed by atoms with Crippen molar-refractivity contribution in [2.45, 2.75) is 70.4 Å². The largest absolute Gasteiger partial charge is 0.359 e. The van der Waals surface area contributed by atoms with Gasteiger partial charge in [0.15, 0.2) is 0 Å². The van der Waals surface area contributed by atoms with Gasteiger partial charge in [-0.25, -0.2) is 4.39 Å². The van der Waals surface area contributed by atoms with Crippen LogP contribution in [0.3, 0.4) is 0 Å². The number of fused-ring (bicyclic) bond motifs is 1. The number of amides is 1. The molecule has 1 N–H and O–H groups in total. The molecule has 4 nitrogen and oxygen atoms in total. The van der Waals surface area contributed by atoms with E-state index in [0.717, 1.165) is 31.2 Å². The molecule has 0 radical (unpaired) electrons. The van der Waals surface area contributed by atoms with Crippen LogP contribution >= 0.6 is 0 Å². The second-order valence-corrected chi connectivity index (χ2v) is 9.12. The average molecular weight is 424 g/mol. The summed E-state index contributed by atoms with van der Waals surface area (Å²) in [7, 11) is 1.83. The van der Waals surface area contributed by atoms with Crippen LogP contribution in [-0.4, -0.2) is 31.8 Å². The van der Waals surface area contributed by atoms with Crippen LogP contribution in [0, 0.1) is 5.82 Å². The number of nitrogens with zero attached hydrogens (tertiary/aromatic N) is 2. The molecule has 1 atom stereocenters. The maximum absolute atomic E-state index is 15.1. The third kappa shape index (κ3) is 4.97. The molecule has 0 spiro atoms. The van der Waals surface area contributed by atoms with Crippen molar-refractivity contribution in [1.29, 1.82) is 0 Å². The van der Waals surface area contributed by atoms with Crippen LogP contribution in [0.2, 0.25) is 0 Å². The summed E-state index contributed by atoms with van der Waals surface area (Å²) in [6.07, 6.45) is 14.8. The SMILES string of the molecule is C=N/C=C(\C=C/C)C(C(=O)NC1CCCCC1)N(C)c1cc(F)c2c(c1)C=CC2(C)C. The maximum atomic E-state index is 15.1. The van der Waals surface area contributed by atoms with Crippen molar-refractivity contribution in [1.82, 2.24) is 5.32 Å². The molecule has 1 fully saturated rings. The molecule has 0 heterocycles. The number of allylic oxidation sites excluding steroid dienone is 2. The highest BCUT2D eigenvalue weighted by Crippen LogP contribution is 2.39. The van der Waals surface area contributed by atoms with Crippen molar-refractivity contribution in [2.24, 2.45) is 4.99 Å². The van der Waals surface area contributed by atoms with Crippen LogP contribution in [0.4, 0.5) is 10.1 Å². The Morgan fingerprint density at radius 2 is 2.03 bits per heavy atom. The van der Waals surface area contributed by atoms with E-state index in [2.05, 4.69) is 17.0 Å². The molecule has 5 heteroatoms. The van der Waals surface area contributed by atoms with E-state index in [0.29, 0.717) is 16.8 Å². The summed E-state index contributed by atoms with van der Waals surface area (Å²) in [4.78, 5) is 19.2. The zero-order valence-corrected chi connectivity index (χ0v) is 19.1. The number of anilines is 1. The minimum Gasteiger partial charge on any atom is -0.359 e. The van der Waals surface area contributed by atoms with E-state index in [1.165, 1.54) is 12.5 Å². The van der Waals surface area contributed by atoms with Gasteiger partial charge in [-0.2, -0.15) is 0 Å². The number of hydrogen-bond acceptors (Lipinski definition) is 3. The quantitative estimate of drug-likeness (QED) is 0.462. The van der Waals surface area contributed by atoms with E-state index < -0.39 is 6.04 Å². The fourth-order valence-electron chi connectivity index (χ4n) is 4.74. The van der Waals surface area contributed by atoms with E-state index in [9.17, 15) is 4.79 Å². The lowest BCUT2D eigenvalue weighted by molar-refractivity contribution is -0.122. The molecular formula is C26H34FN3O. The van der Waals surface area contributed by atoms with Gasteiger partial charge in [0, 0.05) is 41.5 Å². The molecule has 2 aliphatic carbocycles. The highest BCUT2D eigenvalue weighted by Gasteiger charge is 2.32. The van der Waals surface area contributed by atoms with Gasteiger partial charge in [0.1, 0.15) is 11.9 Å². The number of nitrogens with one attached hydrogen (secondary N) is 1. The van der Waals surface area contributed by atoms with Gasteiger partial charge in [0.2, 0.25) is 5.91 Å². The Balaban J connectivity index is 1.97. The zero-order chi connectivity index (χ0) is 22.6. The number of carbonyl (C=O) groups is 1. The molecule has 0 aromatic heterocycles. The number of hydrogen-bond donors (Lipinski definition) is 1. The number of likely N-dealkylation sites (N-methyl/N-ethyl adjacent to an activating group) is 1. The Kier molecular flexibility index (Phi) is 7.14. The van der Waals surface area contributed by atoms with Gasteiger partial charge in [-0.15, -0.1) is 0 Å². The normalized spacial score (nSPS) is 19.3. The van der Waals surface area contributed by atoms with E-state index in [1.807, 2.05) is 63.1 Å². The van der Waals surface area contributed by atoms with Crippen molar-refractivity contribution in [2.75, 3.05) is 11.9 Å². The molecule has 0 aliphatic heterocycles. The number of rotatable bonds is 7. The van der Waals surface area contributed by atoms with Crippen LogP contribution in [0.25, 0.3) is 6.08 Å². The van der Waals surface area contributed by atoms with Crippen molar-refractivity contribution >= 4 is 24.4 Å². The molecule has 1 aromatic carbocycles. The first-order valence-electron chi connectivity index (χ1n) is 11.1. The molecule has 31 heavy (non-hydrogen) atoms. The van der Waals surface area contributed by atoms with Crippen molar-refractivity contribution in [3.8, 4) is 0 Å². The van der Waals surface area contributed by atoms with Gasteiger partial charge in [-0.1, -0.05) is 57.4 Å². The Morgan fingerprint density at radius 3 is 2.68 bits per heavy atom. The van der Waals surface area contributed by atoms with Gasteiger partial charge in [0.05, 0.1) is 0 Å². The minimum atomic E-state index is -0.639. The second kappa shape index (κ2) is 9.63. The maximum Gasteiger partial charge on any atom is 0.247 e. The third-order valence-electron chi connectivity index (χ3n) is 6.34. The molecule has 3 rings (SSSR count). The predicted molar refractivity (Wildman–Crippen MR) is 128 cm³/mol. The molecule has 1 saturated carbocycles. The molecule has 1 unspecified atom stereocenters. The van der Waals surface area contributed by atoms with E-state index in [4.69, 9.17) is 0 Å². The standard InChI is InChI=1S/C26H34FN3O/c1-6-10-19(17-28-4)24(25(31)29-20-11-8-7-9-12-20)30(5)21-15-18-13-14-26(2,3)23(18)22(27)16-21/h6,10,13-17,20,24H,4,7-9,11-12H2,1-3,5H3,(H,29,31)/b10-6-,19-17+.